The van der Waals surface area contributed by atoms with E-state index in [1.165, 1.54) is 11.9 Å². The van der Waals surface area contributed by atoms with E-state index in [0.717, 1.165) is 4.90 Å². The number of rotatable bonds is 7. The number of hydrogen-bond donors (Lipinski definition) is 1. The molecule has 1 N–H and O–H groups in total. The summed E-state index contributed by atoms with van der Waals surface area (Å²) in [6.45, 7) is -0.333. The zero-order valence-corrected chi connectivity index (χ0v) is 16.8. The fourth-order valence-corrected chi connectivity index (χ4v) is 3.68. The third-order valence-electron chi connectivity index (χ3n) is 4.29. The van der Waals surface area contributed by atoms with Crippen molar-refractivity contribution in [1.29, 1.82) is 0 Å². The first-order valence-electron chi connectivity index (χ1n) is 9.19. The predicted molar refractivity (Wildman–Crippen MR) is 110 cm³/mol. The maximum absolute atomic E-state index is 12.7. The lowest BCUT2D eigenvalue weighted by molar-refractivity contribution is -0.147. The van der Waals surface area contributed by atoms with Gasteiger partial charge in [0.1, 0.15) is 5.75 Å². The van der Waals surface area contributed by atoms with E-state index in [4.69, 9.17) is 9.47 Å². The van der Waals surface area contributed by atoms with E-state index in [2.05, 4.69) is 5.32 Å². The molecule has 1 atom stereocenters. The van der Waals surface area contributed by atoms with Gasteiger partial charge in [-0.15, -0.1) is 11.8 Å². The average molecular weight is 414 g/mol. The lowest BCUT2D eigenvalue weighted by atomic mass is 10.1. The number of likely N-dealkylation sites (N-methyl/N-ethyl adjacent to an activating group) is 1. The maximum atomic E-state index is 12.7. The number of thioether (sulfide) groups is 1. The van der Waals surface area contributed by atoms with E-state index >= 15 is 0 Å². The molecule has 1 unspecified atom stereocenters. The van der Waals surface area contributed by atoms with Crippen LogP contribution in [0.1, 0.15) is 6.42 Å². The van der Waals surface area contributed by atoms with Crippen molar-refractivity contribution in [1.82, 2.24) is 5.32 Å². The van der Waals surface area contributed by atoms with Gasteiger partial charge in [-0.25, -0.2) is 0 Å². The topological polar surface area (TPSA) is 84.9 Å². The van der Waals surface area contributed by atoms with Gasteiger partial charge < -0.3 is 19.7 Å². The van der Waals surface area contributed by atoms with E-state index in [-0.39, 0.29) is 25.5 Å². The summed E-state index contributed by atoms with van der Waals surface area (Å²) in [6, 6.07) is 16.7. The molecule has 152 valence electrons. The third-order valence-corrected chi connectivity index (χ3v) is 5.30. The van der Waals surface area contributed by atoms with Gasteiger partial charge in [0.05, 0.1) is 18.7 Å². The Morgan fingerprint density at radius 1 is 1.14 bits per heavy atom. The average Bonchev–Trinajstić information content (AvgIpc) is 2.76. The van der Waals surface area contributed by atoms with Gasteiger partial charge >= 0.3 is 5.97 Å². The van der Waals surface area contributed by atoms with Crippen LogP contribution in [0.25, 0.3) is 0 Å². The molecule has 0 aromatic heterocycles. The highest BCUT2D eigenvalue weighted by molar-refractivity contribution is 7.99. The van der Waals surface area contributed by atoms with Crippen LogP contribution in [-0.2, 0) is 19.1 Å². The number of carbonyl (C=O) groups is 3. The Kier molecular flexibility index (Phi) is 7.13. The van der Waals surface area contributed by atoms with Crippen LogP contribution >= 0.6 is 11.8 Å². The monoisotopic (exact) mass is 414 g/mol. The van der Waals surface area contributed by atoms with Crippen LogP contribution in [0.15, 0.2) is 59.5 Å². The van der Waals surface area contributed by atoms with Crippen molar-refractivity contribution in [3.05, 3.63) is 54.6 Å². The first-order valence-corrected chi connectivity index (χ1v) is 10.2. The second-order valence-electron chi connectivity index (χ2n) is 6.27. The highest BCUT2D eigenvalue weighted by Gasteiger charge is 2.33. The Hall–Kier alpha value is -3.00. The van der Waals surface area contributed by atoms with Crippen molar-refractivity contribution < 1.29 is 23.9 Å². The summed E-state index contributed by atoms with van der Waals surface area (Å²) in [4.78, 5) is 39.1. The molecule has 7 nitrogen and oxygen atoms in total. The van der Waals surface area contributed by atoms with Crippen LogP contribution in [0.2, 0.25) is 0 Å². The van der Waals surface area contributed by atoms with Gasteiger partial charge in [0.25, 0.3) is 11.8 Å². The first-order chi connectivity index (χ1) is 14.1. The SMILES string of the molecule is CNC(=O)C1CN(C(=O)COC(=O)CCSc2ccccc2)c2ccccc2O1. The molecule has 1 aliphatic heterocycles. The van der Waals surface area contributed by atoms with Crippen molar-refractivity contribution in [2.75, 3.05) is 30.9 Å². The number of para-hydroxylation sites is 2. The minimum atomic E-state index is -0.822. The molecule has 0 bridgehead atoms. The van der Waals surface area contributed by atoms with E-state index in [0.29, 0.717) is 17.2 Å². The lowest BCUT2D eigenvalue weighted by Crippen LogP contribution is -2.51. The lowest BCUT2D eigenvalue weighted by Gasteiger charge is -2.33. The van der Waals surface area contributed by atoms with Crippen molar-refractivity contribution >= 4 is 35.2 Å². The normalized spacial score (nSPS) is 15.1. The molecule has 1 aliphatic rings. The number of hydrogen-bond acceptors (Lipinski definition) is 6. The highest BCUT2D eigenvalue weighted by atomic mass is 32.2. The standard InChI is InChI=1S/C21H22N2O5S/c1-22-21(26)18-13-23(16-9-5-6-10-17(16)28-18)19(24)14-27-20(25)11-12-29-15-7-3-2-4-8-15/h2-10,18H,11-14H2,1H3,(H,22,26). The maximum Gasteiger partial charge on any atom is 0.307 e. The number of anilines is 1. The second kappa shape index (κ2) is 9.97. The Labute approximate surface area is 173 Å². The fraction of sp³-hybridized carbons (Fsp3) is 0.286. The van der Waals surface area contributed by atoms with Crippen LogP contribution in [0, 0.1) is 0 Å². The molecule has 0 radical (unpaired) electrons. The third kappa shape index (κ3) is 5.51. The summed E-state index contributed by atoms with van der Waals surface area (Å²) in [5.41, 5.74) is 0.549. The Morgan fingerprint density at radius 2 is 1.86 bits per heavy atom. The van der Waals surface area contributed by atoms with Crippen molar-refractivity contribution in [2.24, 2.45) is 0 Å². The molecular weight excluding hydrogens is 392 g/mol. The van der Waals surface area contributed by atoms with Gasteiger partial charge in [0, 0.05) is 17.7 Å². The zero-order valence-electron chi connectivity index (χ0n) is 16.0. The van der Waals surface area contributed by atoms with Crippen LogP contribution in [0.5, 0.6) is 5.75 Å². The van der Waals surface area contributed by atoms with Gasteiger partial charge in [0.2, 0.25) is 0 Å². The molecule has 0 saturated heterocycles. The Bertz CT molecular complexity index is 874. The summed E-state index contributed by atoms with van der Waals surface area (Å²) in [7, 11) is 1.51. The zero-order chi connectivity index (χ0) is 20.6. The molecule has 2 aromatic carbocycles. The number of nitrogens with one attached hydrogen (secondary N) is 1. The molecule has 0 saturated carbocycles. The van der Waals surface area contributed by atoms with Gasteiger partial charge in [-0.05, 0) is 24.3 Å². The van der Waals surface area contributed by atoms with Crippen LogP contribution in [0.3, 0.4) is 0 Å². The fourth-order valence-electron chi connectivity index (χ4n) is 2.83. The molecule has 2 amide bonds. The molecule has 0 fully saturated rings. The second-order valence-corrected chi connectivity index (χ2v) is 7.43. The first kappa shape index (κ1) is 20.7. The van der Waals surface area contributed by atoms with E-state index in [1.807, 2.05) is 30.3 Å². The summed E-state index contributed by atoms with van der Waals surface area (Å²) >= 11 is 1.55. The Balaban J connectivity index is 1.53. The molecule has 3 rings (SSSR count). The number of benzene rings is 2. The summed E-state index contributed by atoms with van der Waals surface area (Å²) in [5, 5.41) is 2.52. The minimum Gasteiger partial charge on any atom is -0.477 e. The molecule has 2 aromatic rings. The number of esters is 1. The van der Waals surface area contributed by atoms with E-state index in [9.17, 15) is 14.4 Å². The highest BCUT2D eigenvalue weighted by Crippen LogP contribution is 2.33. The largest absolute Gasteiger partial charge is 0.477 e. The Morgan fingerprint density at radius 3 is 2.62 bits per heavy atom. The smallest absolute Gasteiger partial charge is 0.307 e. The number of nitrogens with zero attached hydrogens (tertiary/aromatic N) is 1. The number of amides is 2. The van der Waals surface area contributed by atoms with Gasteiger partial charge in [-0.2, -0.15) is 0 Å². The van der Waals surface area contributed by atoms with Crippen molar-refractivity contribution in [2.45, 2.75) is 17.4 Å². The van der Waals surface area contributed by atoms with Gasteiger partial charge in [0.15, 0.2) is 12.7 Å². The van der Waals surface area contributed by atoms with Crippen molar-refractivity contribution in [3.63, 3.8) is 0 Å². The summed E-state index contributed by atoms with van der Waals surface area (Å²) < 4.78 is 10.8. The number of fused-ring (bicyclic) bond motifs is 1. The minimum absolute atomic E-state index is 0.0525. The summed E-state index contributed by atoms with van der Waals surface area (Å²) in [6.07, 6.45) is -0.621. The van der Waals surface area contributed by atoms with Gasteiger partial charge in [-0.3, -0.25) is 14.4 Å². The molecule has 29 heavy (non-hydrogen) atoms. The van der Waals surface area contributed by atoms with Crippen molar-refractivity contribution in [3.8, 4) is 5.75 Å². The predicted octanol–water partition coefficient (Wildman–Crippen LogP) is 2.25. The van der Waals surface area contributed by atoms with Crippen LogP contribution in [-0.4, -0.2) is 49.8 Å². The van der Waals surface area contributed by atoms with E-state index < -0.39 is 18.0 Å². The number of ether oxygens (including phenoxy) is 2. The van der Waals surface area contributed by atoms with Gasteiger partial charge in [-0.1, -0.05) is 30.3 Å². The number of carbonyl (C=O) groups excluding carboxylic acids is 3. The quantitative estimate of drug-likeness (QED) is 0.553. The molecule has 0 spiro atoms. The molecule has 1 heterocycles. The molecule has 0 aliphatic carbocycles. The summed E-state index contributed by atoms with van der Waals surface area (Å²) in [5.74, 6) is -0.167. The van der Waals surface area contributed by atoms with E-state index in [1.54, 1.807) is 36.0 Å². The van der Waals surface area contributed by atoms with Crippen LogP contribution < -0.4 is 15.0 Å². The molecular formula is C21H22N2O5S. The molecule has 8 heteroatoms. The van der Waals surface area contributed by atoms with Crippen LogP contribution in [0.4, 0.5) is 5.69 Å².